The van der Waals surface area contributed by atoms with Gasteiger partial charge in [-0.3, -0.25) is 0 Å². The number of aliphatic hydroxyl groups is 2. The first kappa shape index (κ1) is 24.8. The van der Waals surface area contributed by atoms with Crippen molar-refractivity contribution in [2.75, 3.05) is 0 Å². The summed E-state index contributed by atoms with van der Waals surface area (Å²) in [4.78, 5) is 0. The van der Waals surface area contributed by atoms with Crippen molar-refractivity contribution in [3.8, 4) is 0 Å². The highest BCUT2D eigenvalue weighted by atomic mass is 16.3. The number of allylic oxidation sites excluding steroid dienone is 3. The monoisotopic (exact) mass is 428 g/mol. The van der Waals surface area contributed by atoms with Crippen molar-refractivity contribution >= 4 is 0 Å². The zero-order valence-electron chi connectivity index (χ0n) is 20.9. The second-order valence-corrected chi connectivity index (χ2v) is 11.6. The molecule has 2 N–H and O–H groups in total. The van der Waals surface area contributed by atoms with E-state index in [0.29, 0.717) is 24.2 Å². The lowest BCUT2D eigenvalue weighted by atomic mass is 9.60. The van der Waals surface area contributed by atoms with Crippen molar-refractivity contribution in [3.63, 3.8) is 0 Å². The predicted octanol–water partition coefficient (Wildman–Crippen LogP) is 7.23. The van der Waals surface area contributed by atoms with Crippen LogP contribution in [0, 0.1) is 35.0 Å². The molecule has 0 aromatic heterocycles. The van der Waals surface area contributed by atoms with Crippen molar-refractivity contribution in [3.05, 3.63) is 35.5 Å². The fraction of sp³-hybridized carbons (Fsp3) is 0.793. The molecule has 0 heterocycles. The van der Waals surface area contributed by atoms with E-state index >= 15 is 0 Å². The van der Waals surface area contributed by atoms with Gasteiger partial charge in [0.15, 0.2) is 0 Å². The quantitative estimate of drug-likeness (QED) is 0.449. The van der Waals surface area contributed by atoms with Crippen molar-refractivity contribution in [1.82, 2.24) is 0 Å². The maximum absolute atomic E-state index is 10.2. The molecule has 31 heavy (non-hydrogen) atoms. The van der Waals surface area contributed by atoms with E-state index in [2.05, 4.69) is 53.3 Å². The summed E-state index contributed by atoms with van der Waals surface area (Å²) in [6.07, 6.45) is 15.1. The molecule has 3 fully saturated rings. The summed E-state index contributed by atoms with van der Waals surface area (Å²) < 4.78 is 0. The van der Waals surface area contributed by atoms with Crippen LogP contribution in [0.4, 0.5) is 0 Å². The highest BCUT2D eigenvalue weighted by Gasteiger charge is 2.50. The zero-order valence-corrected chi connectivity index (χ0v) is 20.9. The van der Waals surface area contributed by atoms with E-state index in [1.165, 1.54) is 51.4 Å². The first-order valence-corrected chi connectivity index (χ1v) is 13.1. The van der Waals surface area contributed by atoms with Crippen LogP contribution in [0.5, 0.6) is 0 Å². The van der Waals surface area contributed by atoms with E-state index in [1.807, 2.05) is 0 Å². The molecule has 2 heteroatoms. The molecular weight excluding hydrogens is 380 g/mol. The number of aliphatic hydroxyl groups excluding tert-OH is 2. The smallest absolute Gasteiger partial charge is 0.0811 e. The Kier molecular flexibility index (Phi) is 8.30. The highest BCUT2D eigenvalue weighted by molar-refractivity contribution is 5.38. The summed E-state index contributed by atoms with van der Waals surface area (Å²) in [5, 5.41) is 20.2. The first-order valence-electron chi connectivity index (χ1n) is 13.1. The van der Waals surface area contributed by atoms with Gasteiger partial charge in [-0.2, -0.15) is 0 Å². The third-order valence-electron chi connectivity index (χ3n) is 9.45. The number of rotatable bonds is 7. The van der Waals surface area contributed by atoms with Crippen LogP contribution in [0.1, 0.15) is 98.8 Å². The Balaban J connectivity index is 1.71. The van der Waals surface area contributed by atoms with Crippen molar-refractivity contribution < 1.29 is 10.2 Å². The molecule has 0 bridgehead atoms. The molecule has 176 valence electrons. The largest absolute Gasteiger partial charge is 0.393 e. The number of hydrogen-bond acceptors (Lipinski definition) is 2. The molecular formula is C29H48O2. The van der Waals surface area contributed by atoms with Crippen LogP contribution in [0.25, 0.3) is 0 Å². The van der Waals surface area contributed by atoms with Gasteiger partial charge in [0.25, 0.3) is 0 Å². The van der Waals surface area contributed by atoms with Gasteiger partial charge < -0.3 is 10.2 Å². The molecule has 0 aliphatic heterocycles. The molecule has 0 amide bonds. The van der Waals surface area contributed by atoms with E-state index in [1.54, 1.807) is 5.57 Å². The summed E-state index contributed by atoms with van der Waals surface area (Å²) in [6, 6.07) is 0. The SMILES string of the molecule is C=C1/C(=C\C=C2CCC[C@@]3(C)C2CC[C@@H]3[C@H](C)CC[C@@H](CC)C(C)C)C[C@@H](O)C[C@H]1O. The van der Waals surface area contributed by atoms with Gasteiger partial charge in [-0.25, -0.2) is 0 Å². The molecule has 1 unspecified atom stereocenters. The summed E-state index contributed by atoms with van der Waals surface area (Å²) in [7, 11) is 0. The fourth-order valence-electron chi connectivity index (χ4n) is 7.37. The lowest BCUT2D eigenvalue weighted by Crippen LogP contribution is -2.36. The maximum atomic E-state index is 10.2. The van der Waals surface area contributed by atoms with E-state index in [9.17, 15) is 10.2 Å². The predicted molar refractivity (Wildman–Crippen MR) is 132 cm³/mol. The Morgan fingerprint density at radius 2 is 1.87 bits per heavy atom. The second kappa shape index (κ2) is 10.4. The Morgan fingerprint density at radius 1 is 1.13 bits per heavy atom. The lowest BCUT2D eigenvalue weighted by Gasteiger charge is -2.44. The van der Waals surface area contributed by atoms with Gasteiger partial charge in [-0.15, -0.1) is 0 Å². The van der Waals surface area contributed by atoms with Crippen LogP contribution in [-0.2, 0) is 0 Å². The van der Waals surface area contributed by atoms with Crippen LogP contribution in [-0.4, -0.2) is 22.4 Å². The zero-order chi connectivity index (χ0) is 22.8. The van der Waals surface area contributed by atoms with Crippen LogP contribution in [0.15, 0.2) is 35.5 Å². The molecule has 0 spiro atoms. The average Bonchev–Trinajstić information content (AvgIpc) is 3.07. The van der Waals surface area contributed by atoms with Crippen molar-refractivity contribution in [2.24, 2.45) is 35.0 Å². The second-order valence-electron chi connectivity index (χ2n) is 11.6. The van der Waals surface area contributed by atoms with E-state index in [4.69, 9.17) is 0 Å². The average molecular weight is 429 g/mol. The topological polar surface area (TPSA) is 40.5 Å². The molecule has 3 rings (SSSR count). The number of hydrogen-bond donors (Lipinski definition) is 2. The van der Waals surface area contributed by atoms with Gasteiger partial charge in [-0.05, 0) is 91.1 Å². The Labute approximate surface area is 191 Å². The van der Waals surface area contributed by atoms with Crippen molar-refractivity contribution in [2.45, 2.75) is 111 Å². The minimum atomic E-state index is -0.598. The lowest BCUT2D eigenvalue weighted by molar-refractivity contribution is 0.0860. The molecule has 0 radical (unpaired) electrons. The summed E-state index contributed by atoms with van der Waals surface area (Å²) in [5.74, 6) is 4.02. The minimum absolute atomic E-state index is 0.419. The van der Waals surface area contributed by atoms with E-state index in [0.717, 1.165) is 34.8 Å². The fourth-order valence-corrected chi connectivity index (χ4v) is 7.37. The maximum Gasteiger partial charge on any atom is 0.0811 e. The Hall–Kier alpha value is -0.860. The molecule has 0 aromatic carbocycles. The minimum Gasteiger partial charge on any atom is -0.393 e. The van der Waals surface area contributed by atoms with E-state index in [-0.39, 0.29) is 0 Å². The van der Waals surface area contributed by atoms with Gasteiger partial charge in [-0.1, -0.05) is 71.8 Å². The van der Waals surface area contributed by atoms with Crippen LogP contribution >= 0.6 is 0 Å². The van der Waals surface area contributed by atoms with Crippen LogP contribution in [0.3, 0.4) is 0 Å². The van der Waals surface area contributed by atoms with Gasteiger partial charge in [0, 0.05) is 6.42 Å². The highest BCUT2D eigenvalue weighted by Crippen LogP contribution is 2.60. The molecule has 3 saturated carbocycles. The molecule has 2 nitrogen and oxygen atoms in total. The van der Waals surface area contributed by atoms with Gasteiger partial charge in [0.2, 0.25) is 0 Å². The van der Waals surface area contributed by atoms with E-state index < -0.39 is 12.2 Å². The standard InChI is InChI=1S/C29H48O2/c1-7-22(19(2)3)11-10-20(4)26-14-15-27-23(9-8-16-29(26,27)6)12-13-24-17-25(30)18-28(31)21(24)5/h12-13,19-20,22,25-28,30-31H,5,7-11,14-18H2,1-4,6H3/b23-12?,24-13-/t20-,22-,25-,26-,27?,28-,29-/m1/s1. The normalized spacial score (nSPS) is 38.6. The summed E-state index contributed by atoms with van der Waals surface area (Å²) in [6.45, 7) is 16.3. The Morgan fingerprint density at radius 3 is 2.55 bits per heavy atom. The third-order valence-corrected chi connectivity index (χ3v) is 9.45. The Bertz CT molecular complexity index is 687. The summed E-state index contributed by atoms with van der Waals surface area (Å²) >= 11 is 0. The number of fused-ring (bicyclic) bond motifs is 1. The molecule has 3 aliphatic rings. The first-order chi connectivity index (χ1) is 14.7. The third kappa shape index (κ3) is 5.38. The molecule has 0 aromatic rings. The molecule has 7 atom stereocenters. The molecule has 0 saturated heterocycles. The van der Waals surface area contributed by atoms with Gasteiger partial charge in [0.1, 0.15) is 0 Å². The van der Waals surface area contributed by atoms with Gasteiger partial charge >= 0.3 is 0 Å². The van der Waals surface area contributed by atoms with Crippen LogP contribution in [0.2, 0.25) is 0 Å². The van der Waals surface area contributed by atoms with Crippen molar-refractivity contribution in [1.29, 1.82) is 0 Å². The molecule has 3 aliphatic carbocycles. The summed E-state index contributed by atoms with van der Waals surface area (Å²) in [5.41, 5.74) is 3.87. The van der Waals surface area contributed by atoms with Crippen LogP contribution < -0.4 is 0 Å². The van der Waals surface area contributed by atoms with Gasteiger partial charge in [0.05, 0.1) is 12.2 Å².